The van der Waals surface area contributed by atoms with Gasteiger partial charge in [0.25, 0.3) is 0 Å². The van der Waals surface area contributed by atoms with Crippen molar-refractivity contribution in [2.45, 2.75) is 43.0 Å². The number of sulfonamides is 1. The van der Waals surface area contributed by atoms with Gasteiger partial charge in [0.05, 0.1) is 4.90 Å². The molecule has 0 aliphatic heterocycles. The quantitative estimate of drug-likeness (QED) is 0.833. The molecule has 4 nitrogen and oxygen atoms in total. The molecule has 0 heterocycles. The lowest BCUT2D eigenvalue weighted by Gasteiger charge is -2.24. The molecule has 1 fully saturated rings. The number of benzene rings is 1. The van der Waals surface area contributed by atoms with Crippen molar-refractivity contribution in [1.82, 2.24) is 4.72 Å². The molecule has 0 saturated heterocycles. The lowest BCUT2D eigenvalue weighted by Crippen LogP contribution is -2.43. The topological polar surface area (TPSA) is 72.2 Å². The number of thiocarbonyl (C=S) groups is 1. The van der Waals surface area contributed by atoms with Crippen molar-refractivity contribution in [3.8, 4) is 0 Å². The second-order valence-corrected chi connectivity index (χ2v) is 7.38. The Hall–Kier alpha value is -0.980. The third kappa shape index (κ3) is 3.32. The number of hydrogen-bond donors (Lipinski definition) is 2. The van der Waals surface area contributed by atoms with E-state index in [2.05, 4.69) is 4.72 Å². The SMILES string of the molecule is CC1(NS(=O)(=O)c2ccc(C(N)=S)cc2)CCCC1. The second-order valence-electron chi connectivity index (χ2n) is 5.26. The van der Waals surface area contributed by atoms with Crippen LogP contribution in [-0.4, -0.2) is 18.9 Å². The lowest BCUT2D eigenvalue weighted by atomic mass is 10.0. The van der Waals surface area contributed by atoms with Crippen LogP contribution >= 0.6 is 12.2 Å². The monoisotopic (exact) mass is 298 g/mol. The average Bonchev–Trinajstić information content (AvgIpc) is 2.75. The van der Waals surface area contributed by atoms with Crippen LogP contribution in [0.3, 0.4) is 0 Å². The van der Waals surface area contributed by atoms with Crippen LogP contribution in [0.5, 0.6) is 0 Å². The average molecular weight is 298 g/mol. The van der Waals surface area contributed by atoms with Crippen LogP contribution in [0, 0.1) is 0 Å². The zero-order chi connectivity index (χ0) is 14.1. The van der Waals surface area contributed by atoms with Gasteiger partial charge < -0.3 is 5.73 Å². The van der Waals surface area contributed by atoms with Gasteiger partial charge in [0.15, 0.2) is 0 Å². The Bertz CT molecular complexity index is 573. The minimum absolute atomic E-state index is 0.251. The van der Waals surface area contributed by atoms with Gasteiger partial charge in [-0.3, -0.25) is 0 Å². The van der Waals surface area contributed by atoms with E-state index in [1.807, 2.05) is 6.92 Å². The third-order valence-electron chi connectivity index (χ3n) is 3.54. The summed E-state index contributed by atoms with van der Waals surface area (Å²) in [5.74, 6) is 0. The van der Waals surface area contributed by atoms with Crippen LogP contribution in [0.25, 0.3) is 0 Å². The summed E-state index contributed by atoms with van der Waals surface area (Å²) in [5.41, 5.74) is 5.84. The summed E-state index contributed by atoms with van der Waals surface area (Å²) in [7, 11) is -3.48. The fraction of sp³-hybridized carbons (Fsp3) is 0.462. The number of nitrogens with two attached hydrogens (primary N) is 1. The molecule has 1 aliphatic carbocycles. The van der Waals surface area contributed by atoms with Gasteiger partial charge in [0, 0.05) is 11.1 Å². The van der Waals surface area contributed by atoms with Crippen molar-refractivity contribution >= 4 is 27.2 Å². The van der Waals surface area contributed by atoms with Gasteiger partial charge >= 0.3 is 0 Å². The Morgan fingerprint density at radius 2 is 1.79 bits per heavy atom. The van der Waals surface area contributed by atoms with Crippen molar-refractivity contribution in [3.05, 3.63) is 29.8 Å². The first-order valence-electron chi connectivity index (χ1n) is 6.26. The Labute approximate surface area is 119 Å². The fourth-order valence-corrected chi connectivity index (χ4v) is 4.04. The summed E-state index contributed by atoms with van der Waals surface area (Å²) in [6, 6.07) is 6.34. The van der Waals surface area contributed by atoms with E-state index < -0.39 is 10.0 Å². The molecule has 1 aromatic carbocycles. The highest BCUT2D eigenvalue weighted by molar-refractivity contribution is 7.89. The van der Waals surface area contributed by atoms with Crippen LogP contribution in [0.4, 0.5) is 0 Å². The second kappa shape index (κ2) is 5.19. The van der Waals surface area contributed by atoms with Crippen molar-refractivity contribution in [3.63, 3.8) is 0 Å². The molecule has 1 aliphatic rings. The molecule has 19 heavy (non-hydrogen) atoms. The highest BCUT2D eigenvalue weighted by Gasteiger charge is 2.33. The van der Waals surface area contributed by atoms with E-state index in [4.69, 9.17) is 18.0 Å². The van der Waals surface area contributed by atoms with Gasteiger partial charge in [0.1, 0.15) is 4.99 Å². The highest BCUT2D eigenvalue weighted by atomic mass is 32.2. The molecule has 104 valence electrons. The van der Waals surface area contributed by atoms with E-state index in [1.165, 1.54) is 12.1 Å². The van der Waals surface area contributed by atoms with Crippen molar-refractivity contribution < 1.29 is 8.42 Å². The maximum atomic E-state index is 12.3. The van der Waals surface area contributed by atoms with Gasteiger partial charge in [-0.1, -0.05) is 37.2 Å². The van der Waals surface area contributed by atoms with Crippen molar-refractivity contribution in [2.75, 3.05) is 0 Å². The smallest absolute Gasteiger partial charge is 0.241 e. The zero-order valence-corrected chi connectivity index (χ0v) is 12.5. The maximum Gasteiger partial charge on any atom is 0.241 e. The van der Waals surface area contributed by atoms with Gasteiger partial charge in [-0.05, 0) is 31.9 Å². The third-order valence-corrected chi connectivity index (χ3v) is 5.43. The predicted molar refractivity (Wildman–Crippen MR) is 79.5 cm³/mol. The van der Waals surface area contributed by atoms with Crippen LogP contribution in [-0.2, 0) is 10.0 Å². The Kier molecular flexibility index (Phi) is 3.94. The summed E-state index contributed by atoms with van der Waals surface area (Å²) in [6.07, 6.45) is 3.91. The summed E-state index contributed by atoms with van der Waals surface area (Å²) < 4.78 is 27.4. The molecule has 2 rings (SSSR count). The standard InChI is InChI=1S/C13H18N2O2S2/c1-13(8-2-3-9-13)15-19(16,17)11-6-4-10(5-7-11)12(14)18/h4-7,15H,2-3,8-9H2,1H3,(H2,14,18). The Morgan fingerprint density at radius 1 is 1.26 bits per heavy atom. The van der Waals surface area contributed by atoms with Crippen LogP contribution in [0.1, 0.15) is 38.2 Å². The zero-order valence-electron chi connectivity index (χ0n) is 10.8. The Balaban J connectivity index is 2.22. The molecule has 3 N–H and O–H groups in total. The van der Waals surface area contributed by atoms with Crippen molar-refractivity contribution in [1.29, 1.82) is 0 Å². The Morgan fingerprint density at radius 3 is 2.26 bits per heavy atom. The highest BCUT2D eigenvalue weighted by Crippen LogP contribution is 2.30. The predicted octanol–water partition coefficient (Wildman–Crippen LogP) is 1.93. The first kappa shape index (κ1) is 14.4. The van der Waals surface area contributed by atoms with E-state index in [1.54, 1.807) is 12.1 Å². The molecular formula is C13H18N2O2S2. The summed E-state index contributed by atoms with van der Waals surface area (Å²) in [4.78, 5) is 0.514. The molecule has 0 amide bonds. The molecule has 1 aromatic rings. The van der Waals surface area contributed by atoms with Crippen molar-refractivity contribution in [2.24, 2.45) is 5.73 Å². The maximum absolute atomic E-state index is 12.3. The number of rotatable bonds is 4. The molecule has 0 bridgehead atoms. The summed E-state index contributed by atoms with van der Waals surface area (Å²) in [5, 5.41) is 0. The first-order valence-corrected chi connectivity index (χ1v) is 8.15. The minimum Gasteiger partial charge on any atom is -0.389 e. The molecule has 1 saturated carbocycles. The molecule has 0 unspecified atom stereocenters. The number of hydrogen-bond acceptors (Lipinski definition) is 3. The largest absolute Gasteiger partial charge is 0.389 e. The molecule has 0 spiro atoms. The lowest BCUT2D eigenvalue weighted by molar-refractivity contribution is 0.427. The van der Waals surface area contributed by atoms with E-state index in [0.717, 1.165) is 25.7 Å². The first-order chi connectivity index (χ1) is 8.82. The molecule has 6 heteroatoms. The van der Waals surface area contributed by atoms with E-state index in [0.29, 0.717) is 5.56 Å². The molecule has 0 atom stereocenters. The normalized spacial score (nSPS) is 18.4. The van der Waals surface area contributed by atoms with Gasteiger partial charge in [-0.25, -0.2) is 13.1 Å². The molecule has 0 aromatic heterocycles. The summed E-state index contributed by atoms with van der Waals surface area (Å²) >= 11 is 4.84. The van der Waals surface area contributed by atoms with E-state index in [-0.39, 0.29) is 15.4 Å². The fourth-order valence-electron chi connectivity index (χ4n) is 2.44. The number of nitrogens with one attached hydrogen (secondary N) is 1. The summed E-state index contributed by atoms with van der Waals surface area (Å²) in [6.45, 7) is 1.96. The van der Waals surface area contributed by atoms with Crippen LogP contribution in [0.15, 0.2) is 29.2 Å². The van der Waals surface area contributed by atoms with Gasteiger partial charge in [-0.15, -0.1) is 0 Å². The minimum atomic E-state index is -3.48. The van der Waals surface area contributed by atoms with Gasteiger partial charge in [0.2, 0.25) is 10.0 Å². The van der Waals surface area contributed by atoms with E-state index in [9.17, 15) is 8.42 Å². The van der Waals surface area contributed by atoms with Crippen LogP contribution < -0.4 is 10.5 Å². The molecule has 0 radical (unpaired) electrons. The molecular weight excluding hydrogens is 280 g/mol. The van der Waals surface area contributed by atoms with E-state index >= 15 is 0 Å². The van der Waals surface area contributed by atoms with Gasteiger partial charge in [-0.2, -0.15) is 0 Å². The van der Waals surface area contributed by atoms with Crippen LogP contribution in [0.2, 0.25) is 0 Å².